The van der Waals surface area contributed by atoms with E-state index in [0.717, 1.165) is 11.3 Å². The van der Waals surface area contributed by atoms with Gasteiger partial charge in [0.05, 0.1) is 36.8 Å². The number of esters is 1. The van der Waals surface area contributed by atoms with Gasteiger partial charge in [0.1, 0.15) is 4.88 Å². The molecule has 124 valence electrons. The van der Waals surface area contributed by atoms with Gasteiger partial charge in [-0.2, -0.15) is 0 Å². The molecule has 2 fully saturated rings. The third-order valence-corrected chi connectivity index (χ3v) is 5.31. The molecule has 9 heteroatoms. The van der Waals surface area contributed by atoms with Gasteiger partial charge in [-0.25, -0.2) is 9.78 Å². The van der Waals surface area contributed by atoms with Crippen molar-refractivity contribution < 1.29 is 29.0 Å². The quantitative estimate of drug-likeness (QED) is 0.787. The van der Waals surface area contributed by atoms with Crippen LogP contribution in [0.2, 0.25) is 0 Å². The second kappa shape index (κ2) is 5.89. The molecular weight excluding hydrogens is 324 g/mol. The molecule has 2 bridgehead atoms. The average molecular weight is 340 g/mol. The number of hydrogen-bond acceptors (Lipinski definition) is 7. The highest BCUT2D eigenvalue weighted by Gasteiger charge is 2.55. The molecule has 0 radical (unpaired) electrons. The number of aromatic nitrogens is 1. The normalized spacial score (nSPS) is 28.6. The highest BCUT2D eigenvalue weighted by Crippen LogP contribution is 2.44. The van der Waals surface area contributed by atoms with Crippen LogP contribution in [-0.2, 0) is 19.1 Å². The molecule has 2 N–H and O–H groups in total. The van der Waals surface area contributed by atoms with Gasteiger partial charge >= 0.3 is 11.9 Å². The monoisotopic (exact) mass is 340 g/mol. The number of carbonyl (C=O) groups is 3. The van der Waals surface area contributed by atoms with Crippen LogP contribution in [0.15, 0.2) is 0 Å². The third-order valence-electron chi connectivity index (χ3n) is 4.26. The molecule has 0 aromatic carbocycles. The number of aryl methyl sites for hydroxylation is 1. The Bertz CT molecular complexity index is 672. The van der Waals surface area contributed by atoms with Crippen LogP contribution in [0.1, 0.15) is 28.2 Å². The van der Waals surface area contributed by atoms with E-state index in [9.17, 15) is 19.5 Å². The van der Waals surface area contributed by atoms with Crippen LogP contribution in [0.25, 0.3) is 0 Å². The van der Waals surface area contributed by atoms with Gasteiger partial charge in [-0.1, -0.05) is 11.3 Å². The number of carboxylic acids is 1. The molecule has 8 nitrogen and oxygen atoms in total. The zero-order chi connectivity index (χ0) is 16.7. The van der Waals surface area contributed by atoms with Crippen molar-refractivity contribution >= 4 is 34.3 Å². The van der Waals surface area contributed by atoms with Gasteiger partial charge in [0.25, 0.3) is 0 Å². The second-order valence-electron chi connectivity index (χ2n) is 5.59. The van der Waals surface area contributed by atoms with Crippen LogP contribution >= 0.6 is 11.3 Å². The highest BCUT2D eigenvalue weighted by molar-refractivity contribution is 7.17. The number of anilines is 1. The molecule has 1 aromatic heterocycles. The van der Waals surface area contributed by atoms with Crippen molar-refractivity contribution in [1.82, 2.24) is 4.98 Å². The van der Waals surface area contributed by atoms with Gasteiger partial charge in [0, 0.05) is 0 Å². The fourth-order valence-corrected chi connectivity index (χ4v) is 4.13. The second-order valence-corrected chi connectivity index (χ2v) is 6.59. The summed E-state index contributed by atoms with van der Waals surface area (Å²) < 4.78 is 10.2. The zero-order valence-electron chi connectivity index (χ0n) is 12.6. The van der Waals surface area contributed by atoms with E-state index >= 15 is 0 Å². The molecule has 1 amide bonds. The van der Waals surface area contributed by atoms with E-state index in [0.29, 0.717) is 23.4 Å². The maximum atomic E-state index is 12.5. The lowest BCUT2D eigenvalue weighted by atomic mass is 9.79. The van der Waals surface area contributed by atoms with Crippen molar-refractivity contribution in [2.75, 3.05) is 12.4 Å². The van der Waals surface area contributed by atoms with Crippen LogP contribution < -0.4 is 5.32 Å². The number of fused-ring (bicyclic) bond motifs is 2. The fourth-order valence-electron chi connectivity index (χ4n) is 3.25. The van der Waals surface area contributed by atoms with Crippen molar-refractivity contribution in [3.05, 3.63) is 10.6 Å². The summed E-state index contributed by atoms with van der Waals surface area (Å²) in [5, 5.41) is 12.2. The van der Waals surface area contributed by atoms with E-state index in [1.54, 1.807) is 6.92 Å². The van der Waals surface area contributed by atoms with Gasteiger partial charge in [0.2, 0.25) is 5.91 Å². The summed E-state index contributed by atoms with van der Waals surface area (Å²) in [5.74, 6) is -3.56. The lowest BCUT2D eigenvalue weighted by molar-refractivity contribution is -0.147. The molecule has 0 saturated carbocycles. The van der Waals surface area contributed by atoms with E-state index in [2.05, 4.69) is 15.0 Å². The van der Waals surface area contributed by atoms with E-state index in [1.165, 1.54) is 7.11 Å². The van der Waals surface area contributed by atoms with Crippen LogP contribution in [0, 0.1) is 18.8 Å². The average Bonchev–Trinajstić information content (AvgIpc) is 3.19. The largest absolute Gasteiger partial charge is 0.481 e. The minimum absolute atomic E-state index is 0.250. The SMILES string of the molecule is COC(=O)c1sc(NC(=O)[C@H]2[C@@H](C(=O)O)[C@@H]3CC[C@@H]2O3)nc1C. The van der Waals surface area contributed by atoms with E-state index in [1.807, 2.05) is 0 Å². The van der Waals surface area contributed by atoms with Crippen molar-refractivity contribution in [2.24, 2.45) is 11.8 Å². The molecule has 3 rings (SSSR count). The minimum Gasteiger partial charge on any atom is -0.481 e. The van der Waals surface area contributed by atoms with Gasteiger partial charge in [0.15, 0.2) is 5.13 Å². The third kappa shape index (κ3) is 2.70. The van der Waals surface area contributed by atoms with Gasteiger partial charge in [-0.05, 0) is 19.8 Å². The molecule has 3 heterocycles. The van der Waals surface area contributed by atoms with Gasteiger partial charge in [-0.15, -0.1) is 0 Å². The molecule has 1 aromatic rings. The van der Waals surface area contributed by atoms with E-state index in [-0.39, 0.29) is 11.2 Å². The summed E-state index contributed by atoms with van der Waals surface area (Å²) in [6, 6.07) is 0. The predicted octanol–water partition coefficient (Wildman–Crippen LogP) is 1.05. The lowest BCUT2D eigenvalue weighted by Gasteiger charge is -2.23. The Hall–Kier alpha value is -2.00. The number of ether oxygens (including phenoxy) is 2. The number of nitrogens with zero attached hydrogens (tertiary/aromatic N) is 1. The maximum Gasteiger partial charge on any atom is 0.350 e. The topological polar surface area (TPSA) is 115 Å². The predicted molar refractivity (Wildman–Crippen MR) is 79.3 cm³/mol. The van der Waals surface area contributed by atoms with Crippen LogP contribution in [0.4, 0.5) is 5.13 Å². The molecule has 0 unspecified atom stereocenters. The molecule has 2 aliphatic rings. The minimum atomic E-state index is -1.03. The Labute approximate surface area is 135 Å². The first-order valence-electron chi connectivity index (χ1n) is 7.17. The Kier molecular flexibility index (Phi) is 4.07. The first-order chi connectivity index (χ1) is 10.9. The Morgan fingerprint density at radius 3 is 2.57 bits per heavy atom. The van der Waals surface area contributed by atoms with Crippen molar-refractivity contribution in [2.45, 2.75) is 32.0 Å². The molecule has 2 saturated heterocycles. The molecular formula is C14H16N2O6S. The number of hydrogen-bond donors (Lipinski definition) is 2. The summed E-state index contributed by atoms with van der Waals surface area (Å²) in [6.45, 7) is 1.64. The van der Waals surface area contributed by atoms with Crippen molar-refractivity contribution in [3.63, 3.8) is 0 Å². The van der Waals surface area contributed by atoms with Crippen molar-refractivity contribution in [3.8, 4) is 0 Å². The highest BCUT2D eigenvalue weighted by atomic mass is 32.1. The van der Waals surface area contributed by atoms with Crippen LogP contribution in [-0.4, -0.2) is 47.3 Å². The number of carbonyl (C=O) groups excluding carboxylic acids is 2. The number of methoxy groups -OCH3 is 1. The summed E-state index contributed by atoms with van der Waals surface area (Å²) in [7, 11) is 1.27. The molecule has 4 atom stereocenters. The first-order valence-corrected chi connectivity index (χ1v) is 7.99. The zero-order valence-corrected chi connectivity index (χ0v) is 13.4. The summed E-state index contributed by atoms with van der Waals surface area (Å²) >= 11 is 1.00. The molecule has 2 aliphatic heterocycles. The lowest BCUT2D eigenvalue weighted by Crippen LogP contribution is -2.40. The van der Waals surface area contributed by atoms with Crippen LogP contribution in [0.3, 0.4) is 0 Å². The summed E-state index contributed by atoms with van der Waals surface area (Å²) in [5.41, 5.74) is 0.455. The van der Waals surface area contributed by atoms with Gasteiger partial charge < -0.3 is 19.9 Å². The maximum absolute atomic E-state index is 12.5. The van der Waals surface area contributed by atoms with Gasteiger partial charge in [-0.3, -0.25) is 9.59 Å². The van der Waals surface area contributed by atoms with Crippen molar-refractivity contribution in [1.29, 1.82) is 0 Å². The number of nitrogens with one attached hydrogen (secondary N) is 1. The fraction of sp³-hybridized carbons (Fsp3) is 0.571. The summed E-state index contributed by atoms with van der Waals surface area (Å²) in [6.07, 6.45) is 0.560. The number of carboxylic acid groups (broad SMARTS) is 1. The molecule has 0 aliphatic carbocycles. The Morgan fingerprint density at radius 2 is 1.96 bits per heavy atom. The summed E-state index contributed by atoms with van der Waals surface area (Å²) in [4.78, 5) is 39.9. The van der Waals surface area contributed by atoms with E-state index in [4.69, 9.17) is 4.74 Å². The number of thiazole rings is 1. The Morgan fingerprint density at radius 1 is 1.30 bits per heavy atom. The molecule has 0 spiro atoms. The van der Waals surface area contributed by atoms with E-state index < -0.39 is 35.8 Å². The smallest absolute Gasteiger partial charge is 0.350 e. The Balaban J connectivity index is 1.77. The number of rotatable bonds is 4. The molecule has 23 heavy (non-hydrogen) atoms. The standard InChI is InChI=1S/C14H16N2O6S/c1-5-10(13(20)21-2)23-14(15-5)16-11(17)8-6-3-4-7(22-6)9(8)12(18)19/h6-9H,3-4H2,1-2H3,(H,18,19)(H,15,16,17)/t6-,7-,8+,9-/m0/s1. The number of aliphatic carboxylic acids is 1. The van der Waals surface area contributed by atoms with Crippen LogP contribution in [0.5, 0.6) is 0 Å². The number of amides is 1. The first kappa shape index (κ1) is 15.9.